The normalized spacial score (nSPS) is 22.8. The summed E-state index contributed by atoms with van der Waals surface area (Å²) in [6.07, 6.45) is 2.41. The molecule has 0 saturated carbocycles. The molecule has 0 unspecified atom stereocenters. The molecule has 1 N–H and O–H groups in total. The van der Waals surface area contributed by atoms with Gasteiger partial charge < -0.3 is 9.84 Å². The molecule has 3 nitrogen and oxygen atoms in total. The number of hydrogen-bond acceptors (Lipinski definition) is 3. The second-order valence-electron chi connectivity index (χ2n) is 3.96. The van der Waals surface area contributed by atoms with Crippen molar-refractivity contribution in [1.82, 2.24) is 10.5 Å². The van der Waals surface area contributed by atoms with E-state index < -0.39 is 0 Å². The van der Waals surface area contributed by atoms with E-state index in [9.17, 15) is 0 Å². The lowest BCUT2D eigenvalue weighted by Gasteiger charge is -2.02. The fourth-order valence-corrected chi connectivity index (χ4v) is 1.67. The maximum Gasteiger partial charge on any atom is 0.153 e. The van der Waals surface area contributed by atoms with Crippen molar-refractivity contribution in [1.29, 1.82) is 0 Å². The summed E-state index contributed by atoms with van der Waals surface area (Å²) in [4.78, 5) is 0. The molecule has 2 rings (SSSR count). The molecule has 1 aliphatic heterocycles. The molecule has 2 heterocycles. The Bertz CT molecular complexity index is 274. The summed E-state index contributed by atoms with van der Waals surface area (Å²) in [6, 6.07) is 2.48. The molecule has 1 aromatic rings. The van der Waals surface area contributed by atoms with E-state index in [1.54, 1.807) is 0 Å². The van der Waals surface area contributed by atoms with E-state index >= 15 is 0 Å². The van der Waals surface area contributed by atoms with Crippen LogP contribution in [0.3, 0.4) is 0 Å². The predicted molar refractivity (Wildman–Crippen MR) is 50.6 cm³/mol. The van der Waals surface area contributed by atoms with Crippen LogP contribution in [-0.4, -0.2) is 11.7 Å². The molecule has 3 heteroatoms. The van der Waals surface area contributed by atoms with Gasteiger partial charge in [-0.15, -0.1) is 0 Å². The van der Waals surface area contributed by atoms with Crippen LogP contribution >= 0.6 is 0 Å². The minimum absolute atomic E-state index is 0.403. The van der Waals surface area contributed by atoms with Crippen molar-refractivity contribution in [2.24, 2.45) is 0 Å². The molecule has 72 valence electrons. The van der Waals surface area contributed by atoms with Crippen LogP contribution in [0.5, 0.6) is 0 Å². The zero-order valence-electron chi connectivity index (χ0n) is 8.21. The summed E-state index contributed by atoms with van der Waals surface area (Å²) in [6.45, 7) is 5.36. The largest absolute Gasteiger partial charge is 0.359 e. The van der Waals surface area contributed by atoms with Gasteiger partial charge in [-0.25, -0.2) is 0 Å². The molecule has 1 aliphatic rings. The van der Waals surface area contributed by atoms with Gasteiger partial charge in [-0.05, 0) is 25.3 Å². The third-order valence-electron chi connectivity index (χ3n) is 2.54. The van der Waals surface area contributed by atoms with E-state index in [0.717, 1.165) is 18.0 Å². The van der Waals surface area contributed by atoms with Gasteiger partial charge >= 0.3 is 0 Å². The maximum absolute atomic E-state index is 5.30. The van der Waals surface area contributed by atoms with Crippen molar-refractivity contribution in [2.45, 2.75) is 38.6 Å². The number of aromatic nitrogens is 1. The van der Waals surface area contributed by atoms with Gasteiger partial charge in [0.25, 0.3) is 0 Å². The van der Waals surface area contributed by atoms with Crippen LogP contribution in [0.25, 0.3) is 0 Å². The minimum Gasteiger partial charge on any atom is -0.359 e. The molecule has 1 fully saturated rings. The van der Waals surface area contributed by atoms with E-state index in [0.29, 0.717) is 12.0 Å². The molecule has 1 aromatic heterocycles. The van der Waals surface area contributed by atoms with Crippen molar-refractivity contribution in [2.75, 3.05) is 6.54 Å². The molecule has 0 bridgehead atoms. The molecule has 0 amide bonds. The fourth-order valence-electron chi connectivity index (χ4n) is 1.67. The number of rotatable bonds is 2. The lowest BCUT2D eigenvalue weighted by molar-refractivity contribution is 0.345. The standard InChI is InChI=1S/C10H16N2O/c1-7(2)9-6-10(13-12-9)8-4-3-5-11-8/h6-8,11H,3-5H2,1-2H3/t8-/m0/s1. The highest BCUT2D eigenvalue weighted by Crippen LogP contribution is 2.25. The fraction of sp³-hybridized carbons (Fsp3) is 0.700. The number of nitrogens with one attached hydrogen (secondary N) is 1. The van der Waals surface area contributed by atoms with E-state index in [1.807, 2.05) is 0 Å². The molecule has 1 atom stereocenters. The summed E-state index contributed by atoms with van der Waals surface area (Å²) in [5.41, 5.74) is 1.06. The van der Waals surface area contributed by atoms with Gasteiger partial charge in [0, 0.05) is 6.07 Å². The Morgan fingerprint density at radius 2 is 2.46 bits per heavy atom. The van der Waals surface area contributed by atoms with E-state index in [1.165, 1.54) is 12.8 Å². The molecule has 13 heavy (non-hydrogen) atoms. The van der Waals surface area contributed by atoms with Gasteiger partial charge in [0.2, 0.25) is 0 Å². The van der Waals surface area contributed by atoms with Crippen LogP contribution in [0, 0.1) is 0 Å². The molecular formula is C10H16N2O. The first kappa shape index (κ1) is 8.75. The zero-order chi connectivity index (χ0) is 9.26. The predicted octanol–water partition coefficient (Wildman–Crippen LogP) is 2.22. The van der Waals surface area contributed by atoms with E-state index in [4.69, 9.17) is 4.52 Å². The van der Waals surface area contributed by atoms with E-state index in [2.05, 4.69) is 30.4 Å². The Hall–Kier alpha value is -0.830. The van der Waals surface area contributed by atoms with Gasteiger partial charge in [-0.3, -0.25) is 0 Å². The van der Waals surface area contributed by atoms with Crippen LogP contribution in [0.1, 0.15) is 50.1 Å². The molecule has 0 radical (unpaired) electrons. The van der Waals surface area contributed by atoms with Crippen molar-refractivity contribution >= 4 is 0 Å². The average Bonchev–Trinajstić information content (AvgIpc) is 2.75. The third-order valence-corrected chi connectivity index (χ3v) is 2.54. The Kier molecular flexibility index (Phi) is 2.36. The van der Waals surface area contributed by atoms with Gasteiger partial charge in [0.15, 0.2) is 5.76 Å². The molecule has 0 spiro atoms. The zero-order valence-corrected chi connectivity index (χ0v) is 8.21. The third kappa shape index (κ3) is 1.75. The Morgan fingerprint density at radius 1 is 1.62 bits per heavy atom. The Morgan fingerprint density at radius 3 is 3.00 bits per heavy atom. The quantitative estimate of drug-likeness (QED) is 0.758. The first-order chi connectivity index (χ1) is 6.27. The second kappa shape index (κ2) is 3.50. The minimum atomic E-state index is 0.403. The highest BCUT2D eigenvalue weighted by atomic mass is 16.5. The molecular weight excluding hydrogens is 164 g/mol. The Balaban J connectivity index is 2.12. The summed E-state index contributed by atoms with van der Waals surface area (Å²) in [5.74, 6) is 1.46. The topological polar surface area (TPSA) is 38.1 Å². The number of nitrogens with zero attached hydrogens (tertiary/aromatic N) is 1. The van der Waals surface area contributed by atoms with Crippen LogP contribution in [-0.2, 0) is 0 Å². The van der Waals surface area contributed by atoms with Crippen LogP contribution in [0.2, 0.25) is 0 Å². The first-order valence-corrected chi connectivity index (χ1v) is 4.97. The van der Waals surface area contributed by atoms with Crippen molar-refractivity contribution in [3.8, 4) is 0 Å². The van der Waals surface area contributed by atoms with Crippen molar-refractivity contribution in [3.05, 3.63) is 17.5 Å². The SMILES string of the molecule is CC(C)c1cc([C@@H]2CCCN2)on1. The first-order valence-electron chi connectivity index (χ1n) is 4.97. The highest BCUT2D eigenvalue weighted by molar-refractivity contribution is 5.12. The number of hydrogen-bond donors (Lipinski definition) is 1. The van der Waals surface area contributed by atoms with Crippen molar-refractivity contribution < 1.29 is 4.52 Å². The molecule has 1 saturated heterocycles. The van der Waals surface area contributed by atoms with Crippen LogP contribution < -0.4 is 5.32 Å². The average molecular weight is 180 g/mol. The summed E-state index contributed by atoms with van der Waals surface area (Å²) < 4.78 is 5.30. The second-order valence-corrected chi connectivity index (χ2v) is 3.96. The monoisotopic (exact) mass is 180 g/mol. The molecule has 0 aliphatic carbocycles. The van der Waals surface area contributed by atoms with Crippen LogP contribution in [0.4, 0.5) is 0 Å². The lowest BCUT2D eigenvalue weighted by atomic mass is 10.1. The lowest BCUT2D eigenvalue weighted by Crippen LogP contribution is -2.11. The Labute approximate surface area is 78.5 Å². The van der Waals surface area contributed by atoms with Gasteiger partial charge in [-0.2, -0.15) is 0 Å². The summed E-state index contributed by atoms with van der Waals surface area (Å²) >= 11 is 0. The van der Waals surface area contributed by atoms with Crippen LogP contribution in [0.15, 0.2) is 10.6 Å². The molecule has 0 aromatic carbocycles. The van der Waals surface area contributed by atoms with E-state index in [-0.39, 0.29) is 0 Å². The summed E-state index contributed by atoms with van der Waals surface area (Å²) in [5, 5.41) is 7.44. The summed E-state index contributed by atoms with van der Waals surface area (Å²) in [7, 11) is 0. The highest BCUT2D eigenvalue weighted by Gasteiger charge is 2.20. The van der Waals surface area contributed by atoms with Gasteiger partial charge in [-0.1, -0.05) is 19.0 Å². The van der Waals surface area contributed by atoms with Gasteiger partial charge in [0.05, 0.1) is 11.7 Å². The van der Waals surface area contributed by atoms with Crippen molar-refractivity contribution in [3.63, 3.8) is 0 Å². The van der Waals surface area contributed by atoms with Gasteiger partial charge in [0.1, 0.15) is 0 Å². The maximum atomic E-state index is 5.30. The smallest absolute Gasteiger partial charge is 0.153 e.